The highest BCUT2D eigenvalue weighted by Gasteiger charge is 2.06. The molecule has 0 unspecified atom stereocenters. The van der Waals surface area contributed by atoms with Crippen molar-refractivity contribution in [1.29, 1.82) is 0 Å². The molecule has 0 aliphatic carbocycles. The third kappa shape index (κ3) is 4.32. The van der Waals surface area contributed by atoms with Crippen molar-refractivity contribution in [3.05, 3.63) is 35.3 Å². The maximum atomic E-state index is 5.67. The molecule has 1 aromatic heterocycles. The van der Waals surface area contributed by atoms with Crippen LogP contribution in [0.25, 0.3) is 10.6 Å². The molecule has 20 heavy (non-hydrogen) atoms. The van der Waals surface area contributed by atoms with Gasteiger partial charge in [-0.2, -0.15) is 0 Å². The van der Waals surface area contributed by atoms with Gasteiger partial charge in [-0.3, -0.25) is 0 Å². The number of hydrogen-bond donors (Lipinski definition) is 1. The minimum Gasteiger partial charge on any atom is -0.494 e. The lowest BCUT2D eigenvalue weighted by Crippen LogP contribution is -2.21. The summed E-state index contributed by atoms with van der Waals surface area (Å²) in [6.45, 7) is 8.04. The Morgan fingerprint density at radius 1 is 1.35 bits per heavy atom. The van der Waals surface area contributed by atoms with E-state index in [-0.39, 0.29) is 0 Å². The number of aromatic nitrogens is 1. The van der Waals surface area contributed by atoms with E-state index in [1.54, 1.807) is 11.3 Å². The van der Waals surface area contributed by atoms with Gasteiger partial charge in [-0.05, 0) is 18.6 Å². The summed E-state index contributed by atoms with van der Waals surface area (Å²) in [5.41, 5.74) is 1.12. The van der Waals surface area contributed by atoms with Gasteiger partial charge in [0.25, 0.3) is 0 Å². The highest BCUT2D eigenvalue weighted by Crippen LogP contribution is 2.28. The van der Waals surface area contributed by atoms with Crippen LogP contribution in [0.15, 0.2) is 30.5 Å². The first-order valence-electron chi connectivity index (χ1n) is 7.10. The average molecular weight is 290 g/mol. The highest BCUT2D eigenvalue weighted by molar-refractivity contribution is 7.15. The molecule has 0 amide bonds. The zero-order valence-electron chi connectivity index (χ0n) is 12.3. The minimum absolute atomic E-state index is 0.492. The van der Waals surface area contributed by atoms with E-state index in [2.05, 4.69) is 43.2 Å². The fourth-order valence-electron chi connectivity index (χ4n) is 1.77. The Kier molecular flexibility index (Phi) is 5.56. The van der Waals surface area contributed by atoms with Gasteiger partial charge >= 0.3 is 0 Å². The van der Waals surface area contributed by atoms with Crippen molar-refractivity contribution >= 4 is 11.3 Å². The maximum absolute atomic E-state index is 5.67. The summed E-state index contributed by atoms with van der Waals surface area (Å²) in [4.78, 5) is 5.77. The first-order valence-corrected chi connectivity index (χ1v) is 7.92. The van der Waals surface area contributed by atoms with Gasteiger partial charge in [0.05, 0.1) is 6.61 Å². The van der Waals surface area contributed by atoms with Crippen molar-refractivity contribution in [2.24, 2.45) is 0 Å². The van der Waals surface area contributed by atoms with Gasteiger partial charge in [-0.25, -0.2) is 4.98 Å². The number of benzene rings is 1. The van der Waals surface area contributed by atoms with E-state index >= 15 is 0 Å². The Hall–Kier alpha value is -1.39. The van der Waals surface area contributed by atoms with Crippen molar-refractivity contribution in [2.45, 2.75) is 39.8 Å². The van der Waals surface area contributed by atoms with Gasteiger partial charge in [0, 0.05) is 29.2 Å². The van der Waals surface area contributed by atoms with Crippen LogP contribution < -0.4 is 10.1 Å². The molecule has 2 rings (SSSR count). The second kappa shape index (κ2) is 7.41. The van der Waals surface area contributed by atoms with Crippen LogP contribution in [-0.4, -0.2) is 17.6 Å². The molecule has 1 aromatic carbocycles. The zero-order chi connectivity index (χ0) is 14.4. The lowest BCUT2D eigenvalue weighted by atomic mass is 10.2. The van der Waals surface area contributed by atoms with Crippen LogP contribution in [-0.2, 0) is 6.54 Å². The molecule has 0 atom stereocenters. The SMILES string of the molecule is CCCOc1cccc(-c2ncc(CNC(C)C)s2)c1. The van der Waals surface area contributed by atoms with Gasteiger partial charge in [0.1, 0.15) is 10.8 Å². The topological polar surface area (TPSA) is 34.1 Å². The van der Waals surface area contributed by atoms with Gasteiger partial charge < -0.3 is 10.1 Å². The molecule has 0 spiro atoms. The number of nitrogens with zero attached hydrogens (tertiary/aromatic N) is 1. The molecule has 0 bridgehead atoms. The molecule has 3 nitrogen and oxygen atoms in total. The van der Waals surface area contributed by atoms with Gasteiger partial charge in [-0.15, -0.1) is 11.3 Å². The molecule has 0 saturated carbocycles. The minimum atomic E-state index is 0.492. The summed E-state index contributed by atoms with van der Waals surface area (Å²) in [6.07, 6.45) is 2.97. The summed E-state index contributed by atoms with van der Waals surface area (Å²) in [5, 5.41) is 4.46. The molecule has 0 fully saturated rings. The molecule has 0 saturated heterocycles. The van der Waals surface area contributed by atoms with Crippen LogP contribution in [0, 0.1) is 0 Å². The predicted octanol–water partition coefficient (Wildman–Crippen LogP) is 4.10. The molecule has 1 N–H and O–H groups in total. The third-order valence-electron chi connectivity index (χ3n) is 2.79. The summed E-state index contributed by atoms with van der Waals surface area (Å²) < 4.78 is 5.67. The maximum Gasteiger partial charge on any atom is 0.123 e. The number of rotatable bonds is 7. The lowest BCUT2D eigenvalue weighted by Gasteiger charge is -2.05. The fourth-order valence-corrected chi connectivity index (χ4v) is 2.63. The lowest BCUT2D eigenvalue weighted by molar-refractivity contribution is 0.317. The van der Waals surface area contributed by atoms with Crippen molar-refractivity contribution in [3.63, 3.8) is 0 Å². The summed E-state index contributed by atoms with van der Waals surface area (Å²) >= 11 is 1.73. The van der Waals surface area contributed by atoms with Gasteiger partial charge in [0.15, 0.2) is 0 Å². The predicted molar refractivity (Wildman–Crippen MR) is 85.3 cm³/mol. The van der Waals surface area contributed by atoms with Crippen LogP contribution in [0.1, 0.15) is 32.1 Å². The third-order valence-corrected chi connectivity index (χ3v) is 3.84. The zero-order valence-corrected chi connectivity index (χ0v) is 13.2. The molecule has 0 aliphatic rings. The quantitative estimate of drug-likeness (QED) is 0.833. The number of hydrogen-bond acceptors (Lipinski definition) is 4. The number of thiazole rings is 1. The summed E-state index contributed by atoms with van der Waals surface area (Å²) in [7, 11) is 0. The van der Waals surface area contributed by atoms with E-state index in [0.717, 1.165) is 35.9 Å². The van der Waals surface area contributed by atoms with Crippen molar-refractivity contribution in [2.75, 3.05) is 6.61 Å². The molecule has 0 aliphatic heterocycles. The number of nitrogens with one attached hydrogen (secondary N) is 1. The van der Waals surface area contributed by atoms with E-state index in [1.807, 2.05) is 18.3 Å². The molecular formula is C16H22N2OS. The van der Waals surface area contributed by atoms with Crippen LogP contribution in [0.5, 0.6) is 5.75 Å². The molecule has 108 valence electrons. The highest BCUT2D eigenvalue weighted by atomic mass is 32.1. The Bertz CT molecular complexity index is 537. The fraction of sp³-hybridized carbons (Fsp3) is 0.438. The Morgan fingerprint density at radius 3 is 2.95 bits per heavy atom. The van der Waals surface area contributed by atoms with Crippen molar-refractivity contribution in [3.8, 4) is 16.3 Å². The number of ether oxygens (including phenoxy) is 1. The van der Waals surface area contributed by atoms with E-state index in [9.17, 15) is 0 Å². The molecule has 0 radical (unpaired) electrons. The monoisotopic (exact) mass is 290 g/mol. The normalized spacial score (nSPS) is 11.0. The molecule has 1 heterocycles. The first kappa shape index (κ1) is 15.0. The Morgan fingerprint density at radius 2 is 2.20 bits per heavy atom. The van der Waals surface area contributed by atoms with Crippen LogP contribution in [0.3, 0.4) is 0 Å². The second-order valence-electron chi connectivity index (χ2n) is 5.04. The van der Waals surface area contributed by atoms with E-state index < -0.39 is 0 Å². The largest absolute Gasteiger partial charge is 0.494 e. The second-order valence-corrected chi connectivity index (χ2v) is 6.16. The van der Waals surface area contributed by atoms with E-state index in [4.69, 9.17) is 4.74 Å². The molecule has 2 aromatic rings. The van der Waals surface area contributed by atoms with Crippen LogP contribution >= 0.6 is 11.3 Å². The van der Waals surface area contributed by atoms with Gasteiger partial charge in [0.2, 0.25) is 0 Å². The van der Waals surface area contributed by atoms with Crippen LogP contribution in [0.4, 0.5) is 0 Å². The smallest absolute Gasteiger partial charge is 0.123 e. The van der Waals surface area contributed by atoms with E-state index in [0.29, 0.717) is 6.04 Å². The van der Waals surface area contributed by atoms with Crippen LogP contribution in [0.2, 0.25) is 0 Å². The first-order chi connectivity index (χ1) is 9.69. The standard InChI is InChI=1S/C16H22N2OS/c1-4-8-19-14-7-5-6-13(9-14)16-18-11-15(20-16)10-17-12(2)3/h5-7,9,11-12,17H,4,8,10H2,1-3H3. The Balaban J connectivity index is 2.07. The molecular weight excluding hydrogens is 268 g/mol. The van der Waals surface area contributed by atoms with Crippen molar-refractivity contribution < 1.29 is 4.74 Å². The van der Waals surface area contributed by atoms with Gasteiger partial charge in [-0.1, -0.05) is 32.9 Å². The molecule has 4 heteroatoms. The van der Waals surface area contributed by atoms with E-state index in [1.165, 1.54) is 4.88 Å². The Labute approximate surface area is 125 Å². The van der Waals surface area contributed by atoms with Crippen molar-refractivity contribution in [1.82, 2.24) is 10.3 Å². The summed E-state index contributed by atoms with van der Waals surface area (Å²) in [5.74, 6) is 0.918. The summed E-state index contributed by atoms with van der Waals surface area (Å²) in [6, 6.07) is 8.65. The average Bonchev–Trinajstić information content (AvgIpc) is 2.92.